The Morgan fingerprint density at radius 1 is 1.31 bits per heavy atom. The number of aromatic nitrogens is 2. The van der Waals surface area contributed by atoms with Crippen molar-refractivity contribution in [2.75, 3.05) is 5.75 Å². The average Bonchev–Trinajstić information content (AvgIpc) is 3.35. The molecule has 1 aliphatic rings. The van der Waals surface area contributed by atoms with Gasteiger partial charge in [0.05, 0.1) is 11.1 Å². The summed E-state index contributed by atoms with van der Waals surface area (Å²) in [6, 6.07) is 8.12. The summed E-state index contributed by atoms with van der Waals surface area (Å²) in [6.07, 6.45) is 4.75. The van der Waals surface area contributed by atoms with E-state index in [9.17, 15) is 19.5 Å². The standard InChI is InChI=1S/C23H23N3O4S2/c1-2-11-26-21(28)19-15-9-6-10-17(15)32-20(19)25-23(26)31-13-18(27)24-16(22(29)30)12-14-7-4-3-5-8-14/h2-5,7-8,16H,1,6,9-13H2,(H,24,27)(H,29,30)/t16-/m1/s1. The summed E-state index contributed by atoms with van der Waals surface area (Å²) in [5.41, 5.74) is 1.83. The monoisotopic (exact) mass is 469 g/mol. The molecule has 2 heterocycles. The van der Waals surface area contributed by atoms with Crippen molar-refractivity contribution in [1.29, 1.82) is 0 Å². The highest BCUT2D eigenvalue weighted by atomic mass is 32.2. The average molecular weight is 470 g/mol. The molecule has 0 bridgehead atoms. The Hall–Kier alpha value is -2.91. The number of nitrogens with one attached hydrogen (secondary N) is 1. The van der Waals surface area contributed by atoms with Gasteiger partial charge in [0.15, 0.2) is 5.16 Å². The Labute approximate surface area is 193 Å². The third kappa shape index (κ3) is 4.63. The SMILES string of the molecule is C=CCn1c(SCC(=O)N[C@H](Cc2ccccc2)C(=O)O)nc2sc3c(c2c1=O)CCC3. The van der Waals surface area contributed by atoms with Crippen LogP contribution in [0.25, 0.3) is 10.2 Å². The maximum Gasteiger partial charge on any atom is 0.326 e. The molecule has 4 rings (SSSR count). The number of thiophene rings is 1. The first-order chi connectivity index (χ1) is 15.5. The van der Waals surface area contributed by atoms with Crippen molar-refractivity contribution < 1.29 is 14.7 Å². The Kier molecular flexibility index (Phi) is 6.76. The molecule has 7 nitrogen and oxygen atoms in total. The van der Waals surface area contributed by atoms with Crippen LogP contribution in [0, 0.1) is 0 Å². The lowest BCUT2D eigenvalue weighted by molar-refractivity contribution is -0.141. The lowest BCUT2D eigenvalue weighted by atomic mass is 10.1. The van der Waals surface area contributed by atoms with Gasteiger partial charge in [0.1, 0.15) is 10.9 Å². The van der Waals surface area contributed by atoms with Crippen LogP contribution in [-0.2, 0) is 35.4 Å². The van der Waals surface area contributed by atoms with Gasteiger partial charge in [0.25, 0.3) is 5.56 Å². The Bertz CT molecular complexity index is 1230. The number of carboxylic acid groups (broad SMARTS) is 1. The fraction of sp³-hybridized carbons (Fsp3) is 0.304. The molecule has 166 valence electrons. The van der Waals surface area contributed by atoms with Crippen molar-refractivity contribution in [1.82, 2.24) is 14.9 Å². The zero-order chi connectivity index (χ0) is 22.7. The summed E-state index contributed by atoms with van der Waals surface area (Å²) in [6.45, 7) is 4.03. The number of allylic oxidation sites excluding steroid dienone is 1. The van der Waals surface area contributed by atoms with Gasteiger partial charge in [-0.05, 0) is 30.4 Å². The van der Waals surface area contributed by atoms with Crippen molar-refractivity contribution in [3.8, 4) is 0 Å². The Morgan fingerprint density at radius 2 is 2.09 bits per heavy atom. The largest absolute Gasteiger partial charge is 0.480 e. The normalized spacial score (nSPS) is 13.6. The zero-order valence-corrected chi connectivity index (χ0v) is 19.0. The molecule has 1 aliphatic carbocycles. The van der Waals surface area contributed by atoms with Gasteiger partial charge in [0.2, 0.25) is 5.91 Å². The second kappa shape index (κ2) is 9.70. The van der Waals surface area contributed by atoms with Gasteiger partial charge in [-0.1, -0.05) is 48.2 Å². The predicted molar refractivity (Wildman–Crippen MR) is 127 cm³/mol. The predicted octanol–water partition coefficient (Wildman–Crippen LogP) is 3.04. The van der Waals surface area contributed by atoms with E-state index in [0.717, 1.165) is 42.2 Å². The third-order valence-electron chi connectivity index (χ3n) is 5.35. The molecule has 0 radical (unpaired) electrons. The molecule has 2 N–H and O–H groups in total. The number of rotatable bonds is 9. The molecule has 3 aromatic rings. The molecule has 0 aliphatic heterocycles. The number of thioether (sulfide) groups is 1. The molecule has 32 heavy (non-hydrogen) atoms. The number of hydrogen-bond donors (Lipinski definition) is 2. The number of aryl methyl sites for hydroxylation is 2. The van der Waals surface area contributed by atoms with E-state index < -0.39 is 17.9 Å². The van der Waals surface area contributed by atoms with E-state index >= 15 is 0 Å². The van der Waals surface area contributed by atoms with Crippen LogP contribution in [-0.4, -0.2) is 38.3 Å². The molecule has 1 aromatic carbocycles. The van der Waals surface area contributed by atoms with Gasteiger partial charge in [-0.15, -0.1) is 17.9 Å². The van der Waals surface area contributed by atoms with Gasteiger partial charge in [-0.3, -0.25) is 14.2 Å². The fourth-order valence-corrected chi connectivity index (χ4v) is 6.00. The highest BCUT2D eigenvalue weighted by molar-refractivity contribution is 7.99. The van der Waals surface area contributed by atoms with E-state index in [4.69, 9.17) is 0 Å². The molecular formula is C23H23N3O4S2. The second-order valence-corrected chi connectivity index (χ2v) is 9.60. The van der Waals surface area contributed by atoms with E-state index in [1.54, 1.807) is 17.4 Å². The first-order valence-corrected chi connectivity index (χ1v) is 12.1. The highest BCUT2D eigenvalue weighted by Crippen LogP contribution is 2.35. The van der Waals surface area contributed by atoms with Crippen LogP contribution < -0.4 is 10.9 Å². The number of carboxylic acids is 1. The van der Waals surface area contributed by atoms with E-state index in [0.29, 0.717) is 21.9 Å². The summed E-state index contributed by atoms with van der Waals surface area (Å²) in [5.74, 6) is -1.56. The summed E-state index contributed by atoms with van der Waals surface area (Å²) in [7, 11) is 0. The first-order valence-electron chi connectivity index (χ1n) is 10.3. The van der Waals surface area contributed by atoms with Crippen LogP contribution in [0.3, 0.4) is 0 Å². The number of benzene rings is 1. The lowest BCUT2D eigenvalue weighted by Gasteiger charge is -2.15. The minimum absolute atomic E-state index is 0.0429. The zero-order valence-electron chi connectivity index (χ0n) is 17.4. The summed E-state index contributed by atoms with van der Waals surface area (Å²) >= 11 is 2.68. The molecule has 0 fully saturated rings. The number of fused-ring (bicyclic) bond motifs is 3. The van der Waals surface area contributed by atoms with Crippen LogP contribution >= 0.6 is 23.1 Å². The van der Waals surface area contributed by atoms with Crippen LogP contribution in [0.5, 0.6) is 0 Å². The van der Waals surface area contributed by atoms with Crippen LogP contribution in [0.1, 0.15) is 22.4 Å². The van der Waals surface area contributed by atoms with Crippen LogP contribution in [0.2, 0.25) is 0 Å². The Morgan fingerprint density at radius 3 is 2.81 bits per heavy atom. The minimum Gasteiger partial charge on any atom is -0.480 e. The maximum absolute atomic E-state index is 13.2. The van der Waals surface area contributed by atoms with Crippen molar-refractivity contribution in [2.45, 2.75) is 43.4 Å². The first kappa shape index (κ1) is 22.3. The van der Waals surface area contributed by atoms with Crippen molar-refractivity contribution in [2.24, 2.45) is 0 Å². The number of amides is 1. The van der Waals surface area contributed by atoms with Crippen molar-refractivity contribution >= 4 is 45.2 Å². The van der Waals surface area contributed by atoms with Crippen molar-refractivity contribution in [3.63, 3.8) is 0 Å². The van der Waals surface area contributed by atoms with E-state index in [1.165, 1.54) is 9.44 Å². The van der Waals surface area contributed by atoms with Crippen LogP contribution in [0.4, 0.5) is 0 Å². The molecule has 9 heteroatoms. The number of nitrogens with zero attached hydrogens (tertiary/aromatic N) is 2. The van der Waals surface area contributed by atoms with E-state index in [2.05, 4.69) is 16.9 Å². The lowest BCUT2D eigenvalue weighted by Crippen LogP contribution is -2.43. The third-order valence-corrected chi connectivity index (χ3v) is 7.51. The van der Waals surface area contributed by atoms with Crippen molar-refractivity contribution in [3.05, 3.63) is 69.3 Å². The molecule has 0 saturated heterocycles. The Balaban J connectivity index is 1.51. The minimum atomic E-state index is -1.09. The molecule has 1 amide bonds. The topological polar surface area (TPSA) is 101 Å². The maximum atomic E-state index is 13.2. The fourth-order valence-electron chi connectivity index (χ4n) is 3.87. The summed E-state index contributed by atoms with van der Waals surface area (Å²) < 4.78 is 1.54. The van der Waals surface area contributed by atoms with Gasteiger partial charge in [-0.25, -0.2) is 9.78 Å². The number of aliphatic carboxylic acids is 1. The molecule has 2 aromatic heterocycles. The summed E-state index contributed by atoms with van der Waals surface area (Å²) in [5, 5.41) is 13.2. The number of carbonyl (C=O) groups excluding carboxylic acids is 1. The molecule has 0 unspecified atom stereocenters. The molecular weight excluding hydrogens is 446 g/mol. The van der Waals surface area contributed by atoms with Gasteiger partial charge in [0, 0.05) is 17.8 Å². The number of carbonyl (C=O) groups is 2. The second-order valence-electron chi connectivity index (χ2n) is 7.57. The molecule has 0 spiro atoms. The van der Waals surface area contributed by atoms with E-state index in [1.807, 2.05) is 30.3 Å². The van der Waals surface area contributed by atoms with E-state index in [-0.39, 0.29) is 17.7 Å². The number of hydrogen-bond acceptors (Lipinski definition) is 6. The quantitative estimate of drug-likeness (QED) is 0.284. The van der Waals surface area contributed by atoms with Gasteiger partial charge >= 0.3 is 5.97 Å². The molecule has 0 saturated carbocycles. The van der Waals surface area contributed by atoms with Crippen LogP contribution in [0.15, 0.2) is 52.9 Å². The summed E-state index contributed by atoms with van der Waals surface area (Å²) in [4.78, 5) is 43.9. The van der Waals surface area contributed by atoms with Gasteiger partial charge < -0.3 is 10.4 Å². The smallest absolute Gasteiger partial charge is 0.326 e. The highest BCUT2D eigenvalue weighted by Gasteiger charge is 2.24. The molecule has 1 atom stereocenters. The van der Waals surface area contributed by atoms with Gasteiger partial charge in [-0.2, -0.15) is 0 Å².